The minimum Gasteiger partial charge on any atom is -0.616 e. The highest BCUT2D eigenvalue weighted by Crippen LogP contribution is 2.50. The number of fused-ring (bicyclic) bond motifs is 1. The van der Waals surface area contributed by atoms with E-state index in [0.717, 1.165) is 24.1 Å². The Morgan fingerprint density at radius 2 is 1.72 bits per heavy atom. The van der Waals surface area contributed by atoms with Gasteiger partial charge in [0.15, 0.2) is 6.21 Å². The molecule has 2 aromatic rings. The van der Waals surface area contributed by atoms with Crippen molar-refractivity contribution in [2.24, 2.45) is 17.3 Å². The van der Waals surface area contributed by atoms with Crippen LogP contribution in [0.25, 0.3) is 0 Å². The first kappa shape index (κ1) is 20.0. The standard InChI is InChI=1S/C23H22Cl2N2O2/c1-23-13-3-2-4-16(23)14-27(29)22(28)20(23)21(15-5-7-17(24)8-6-15)26-19-11-9-18(25)10-12-19/h3,5-14,16,20-21,26H,2,4H2,1H3/t16-,20+,21+,23-/m0/s1. The molecule has 2 aliphatic rings. The third-order valence-electron chi connectivity index (χ3n) is 6.12. The van der Waals surface area contributed by atoms with Gasteiger partial charge in [0.1, 0.15) is 5.92 Å². The summed E-state index contributed by atoms with van der Waals surface area (Å²) in [7, 11) is 0. The van der Waals surface area contributed by atoms with Gasteiger partial charge in [-0.2, -0.15) is 0 Å². The van der Waals surface area contributed by atoms with Crippen LogP contribution in [0.5, 0.6) is 0 Å². The van der Waals surface area contributed by atoms with Gasteiger partial charge in [0, 0.05) is 27.1 Å². The molecule has 6 heteroatoms. The summed E-state index contributed by atoms with van der Waals surface area (Å²) in [6.45, 7) is 2.08. The summed E-state index contributed by atoms with van der Waals surface area (Å²) < 4.78 is 0.530. The van der Waals surface area contributed by atoms with E-state index < -0.39 is 23.3 Å². The van der Waals surface area contributed by atoms with Crippen LogP contribution in [0, 0.1) is 22.5 Å². The van der Waals surface area contributed by atoms with E-state index in [2.05, 4.69) is 24.4 Å². The van der Waals surface area contributed by atoms with Gasteiger partial charge in [-0.05, 0) is 54.8 Å². The summed E-state index contributed by atoms with van der Waals surface area (Å²) in [5, 5.41) is 17.2. The lowest BCUT2D eigenvalue weighted by atomic mass is 9.60. The number of benzene rings is 2. The number of hydrogen-bond donors (Lipinski definition) is 1. The number of carbonyl (C=O) groups is 1. The lowest BCUT2D eigenvalue weighted by Gasteiger charge is -2.45. The normalized spacial score (nSPS) is 27.1. The molecule has 0 unspecified atom stereocenters. The second kappa shape index (κ2) is 7.85. The van der Waals surface area contributed by atoms with Crippen molar-refractivity contribution in [3.05, 3.63) is 81.5 Å². The molecule has 0 fully saturated rings. The number of anilines is 1. The number of amides is 1. The minimum absolute atomic E-state index is 0.00881. The monoisotopic (exact) mass is 428 g/mol. The van der Waals surface area contributed by atoms with Gasteiger partial charge in [-0.1, -0.05) is 54.4 Å². The molecule has 0 saturated carbocycles. The predicted molar refractivity (Wildman–Crippen MR) is 117 cm³/mol. The molecule has 1 aliphatic carbocycles. The molecule has 29 heavy (non-hydrogen) atoms. The first-order valence-electron chi connectivity index (χ1n) is 9.69. The van der Waals surface area contributed by atoms with Crippen LogP contribution >= 0.6 is 23.2 Å². The number of hydrogen-bond acceptors (Lipinski definition) is 3. The summed E-state index contributed by atoms with van der Waals surface area (Å²) in [6, 6.07) is 14.3. The Balaban J connectivity index is 1.82. The molecule has 0 saturated heterocycles. The summed E-state index contributed by atoms with van der Waals surface area (Å²) in [5.41, 5.74) is 1.27. The van der Waals surface area contributed by atoms with E-state index in [1.807, 2.05) is 24.3 Å². The van der Waals surface area contributed by atoms with Gasteiger partial charge in [-0.25, -0.2) is 4.79 Å². The second-order valence-corrected chi connectivity index (χ2v) is 8.80. The van der Waals surface area contributed by atoms with Crippen molar-refractivity contribution < 1.29 is 9.53 Å². The molecule has 4 atom stereocenters. The summed E-state index contributed by atoms with van der Waals surface area (Å²) in [6.07, 6.45) is 7.53. The Bertz CT molecular complexity index is 969. The third kappa shape index (κ3) is 3.79. The summed E-state index contributed by atoms with van der Waals surface area (Å²) in [4.78, 5) is 13.2. The van der Waals surface area contributed by atoms with Crippen LogP contribution in [0.1, 0.15) is 31.4 Å². The number of nitrogens with one attached hydrogen (secondary N) is 1. The molecular weight excluding hydrogens is 407 g/mol. The SMILES string of the molecule is C[C@]12C=CCC[C@H]1C=[N+]([O-])C(=O)[C@H]2[C@H](Nc1ccc(Cl)cc1)c1ccc(Cl)cc1. The predicted octanol–water partition coefficient (Wildman–Crippen LogP) is 5.86. The molecule has 0 spiro atoms. The molecule has 0 bridgehead atoms. The van der Waals surface area contributed by atoms with Crippen molar-refractivity contribution in [3.8, 4) is 0 Å². The van der Waals surface area contributed by atoms with Crippen LogP contribution in [0.15, 0.2) is 60.7 Å². The molecule has 2 aromatic carbocycles. The largest absolute Gasteiger partial charge is 0.616 e. The second-order valence-electron chi connectivity index (χ2n) is 7.92. The van der Waals surface area contributed by atoms with Gasteiger partial charge in [0.25, 0.3) is 0 Å². The van der Waals surface area contributed by atoms with Crippen LogP contribution in [0.4, 0.5) is 5.69 Å². The van der Waals surface area contributed by atoms with E-state index in [1.54, 1.807) is 30.5 Å². The van der Waals surface area contributed by atoms with E-state index in [-0.39, 0.29) is 5.92 Å². The molecule has 4 nitrogen and oxygen atoms in total. The number of halogens is 2. The molecule has 4 rings (SSSR count). The molecule has 150 valence electrons. The van der Waals surface area contributed by atoms with Crippen molar-refractivity contribution >= 4 is 41.0 Å². The summed E-state index contributed by atoms with van der Waals surface area (Å²) >= 11 is 12.1. The Morgan fingerprint density at radius 3 is 2.38 bits per heavy atom. The molecule has 1 heterocycles. The third-order valence-corrected chi connectivity index (χ3v) is 6.62. The molecule has 1 aliphatic heterocycles. The van der Waals surface area contributed by atoms with Crippen LogP contribution < -0.4 is 5.32 Å². The van der Waals surface area contributed by atoms with Gasteiger partial charge < -0.3 is 10.5 Å². The van der Waals surface area contributed by atoms with Crippen LogP contribution in [-0.2, 0) is 4.79 Å². The number of nitrogens with zero attached hydrogens (tertiary/aromatic N) is 1. The number of allylic oxidation sites excluding steroid dienone is 2. The van der Waals surface area contributed by atoms with Gasteiger partial charge >= 0.3 is 5.91 Å². The number of hydroxylamine groups is 1. The van der Waals surface area contributed by atoms with E-state index in [4.69, 9.17) is 23.2 Å². The topological polar surface area (TPSA) is 55.2 Å². The molecule has 0 radical (unpaired) electrons. The lowest BCUT2D eigenvalue weighted by Crippen LogP contribution is -2.52. The van der Waals surface area contributed by atoms with E-state index in [0.29, 0.717) is 14.8 Å². The first-order valence-corrected chi connectivity index (χ1v) is 10.4. The number of rotatable bonds is 4. The van der Waals surface area contributed by atoms with Crippen molar-refractivity contribution in [2.45, 2.75) is 25.8 Å². The highest BCUT2D eigenvalue weighted by atomic mass is 35.5. The highest BCUT2D eigenvalue weighted by Gasteiger charge is 2.55. The highest BCUT2D eigenvalue weighted by molar-refractivity contribution is 6.30. The van der Waals surface area contributed by atoms with Crippen LogP contribution in [0.2, 0.25) is 10.0 Å². The quantitative estimate of drug-likeness (QED) is 0.377. The molecular formula is C23H22Cl2N2O2. The molecule has 0 aromatic heterocycles. The van der Waals surface area contributed by atoms with E-state index >= 15 is 0 Å². The Labute approximate surface area is 180 Å². The van der Waals surface area contributed by atoms with Gasteiger partial charge in [0.05, 0.1) is 6.04 Å². The molecule has 1 amide bonds. The fourth-order valence-corrected chi connectivity index (χ4v) is 4.77. The van der Waals surface area contributed by atoms with Crippen LogP contribution in [0.3, 0.4) is 0 Å². The van der Waals surface area contributed by atoms with Crippen molar-refractivity contribution in [3.63, 3.8) is 0 Å². The average Bonchev–Trinajstić information content (AvgIpc) is 2.70. The number of carbonyl (C=O) groups excluding carboxylic acids is 1. The molecule has 1 N–H and O–H groups in total. The maximum atomic E-state index is 13.2. The van der Waals surface area contributed by atoms with Gasteiger partial charge in [-0.3, -0.25) is 0 Å². The van der Waals surface area contributed by atoms with E-state index in [9.17, 15) is 10.0 Å². The van der Waals surface area contributed by atoms with Crippen molar-refractivity contribution in [2.75, 3.05) is 5.32 Å². The first-order chi connectivity index (χ1) is 13.9. The Kier molecular flexibility index (Phi) is 5.41. The van der Waals surface area contributed by atoms with Gasteiger partial charge in [0.2, 0.25) is 0 Å². The van der Waals surface area contributed by atoms with Gasteiger partial charge in [-0.15, -0.1) is 4.74 Å². The Hall–Kier alpha value is -2.30. The Morgan fingerprint density at radius 1 is 1.10 bits per heavy atom. The zero-order valence-corrected chi connectivity index (χ0v) is 17.5. The van der Waals surface area contributed by atoms with Crippen LogP contribution in [-0.4, -0.2) is 16.9 Å². The zero-order valence-electron chi connectivity index (χ0n) is 16.0. The van der Waals surface area contributed by atoms with Crippen molar-refractivity contribution in [1.82, 2.24) is 0 Å². The van der Waals surface area contributed by atoms with E-state index in [1.165, 1.54) is 0 Å². The fourth-order valence-electron chi connectivity index (χ4n) is 4.51. The zero-order chi connectivity index (χ0) is 20.6. The smallest absolute Gasteiger partial charge is 0.404 e. The minimum atomic E-state index is -0.566. The fraction of sp³-hybridized carbons (Fsp3) is 0.304. The maximum absolute atomic E-state index is 13.2. The summed E-state index contributed by atoms with van der Waals surface area (Å²) in [5.74, 6) is -0.991. The lowest BCUT2D eigenvalue weighted by molar-refractivity contribution is -0.395. The average molecular weight is 429 g/mol. The van der Waals surface area contributed by atoms with Crippen molar-refractivity contribution in [1.29, 1.82) is 0 Å². The maximum Gasteiger partial charge on any atom is 0.404 e.